The molecular formula is C14H26N2OS. The van der Waals surface area contributed by atoms with Crippen LogP contribution in [0.2, 0.25) is 0 Å². The fourth-order valence-corrected chi connectivity index (χ4v) is 4.25. The van der Waals surface area contributed by atoms with E-state index < -0.39 is 0 Å². The molecule has 0 radical (unpaired) electrons. The van der Waals surface area contributed by atoms with Crippen LogP contribution in [0, 0.1) is 17.8 Å². The highest BCUT2D eigenvalue weighted by molar-refractivity contribution is 8.00. The zero-order valence-electron chi connectivity index (χ0n) is 11.5. The number of carbonyl (C=O) groups is 1. The lowest BCUT2D eigenvalue weighted by atomic mass is 9.84. The van der Waals surface area contributed by atoms with Gasteiger partial charge in [-0.25, -0.2) is 0 Å². The molecule has 3 N–H and O–H groups in total. The molecule has 104 valence electrons. The molecule has 2 bridgehead atoms. The zero-order valence-corrected chi connectivity index (χ0v) is 12.3. The first kappa shape index (κ1) is 14.2. The van der Waals surface area contributed by atoms with Crippen molar-refractivity contribution in [1.82, 2.24) is 5.32 Å². The molecule has 0 aromatic rings. The van der Waals surface area contributed by atoms with Crippen molar-refractivity contribution in [2.45, 2.75) is 50.8 Å². The summed E-state index contributed by atoms with van der Waals surface area (Å²) >= 11 is 1.65. The van der Waals surface area contributed by atoms with Gasteiger partial charge in [-0.15, -0.1) is 11.8 Å². The lowest BCUT2D eigenvalue weighted by molar-refractivity contribution is -0.119. The Labute approximate surface area is 115 Å². The number of nitrogens with one attached hydrogen (secondary N) is 1. The van der Waals surface area contributed by atoms with E-state index in [1.54, 1.807) is 11.8 Å². The van der Waals surface area contributed by atoms with E-state index in [0.29, 0.717) is 23.6 Å². The van der Waals surface area contributed by atoms with Gasteiger partial charge in [-0.2, -0.15) is 0 Å². The number of amides is 1. The molecule has 0 aromatic carbocycles. The summed E-state index contributed by atoms with van der Waals surface area (Å²) in [5, 5.41) is 3.55. The first-order valence-electron chi connectivity index (χ1n) is 7.21. The molecule has 4 heteroatoms. The van der Waals surface area contributed by atoms with Gasteiger partial charge in [-0.1, -0.05) is 13.3 Å². The van der Waals surface area contributed by atoms with Crippen LogP contribution in [0.25, 0.3) is 0 Å². The third-order valence-electron chi connectivity index (χ3n) is 4.65. The molecule has 0 heterocycles. The summed E-state index contributed by atoms with van der Waals surface area (Å²) in [5.74, 6) is 3.27. The molecule has 2 rings (SSSR count). The summed E-state index contributed by atoms with van der Waals surface area (Å²) in [5.41, 5.74) is 5.55. The summed E-state index contributed by atoms with van der Waals surface area (Å²) in [6.45, 7) is 4.89. The molecule has 1 amide bonds. The Balaban J connectivity index is 1.70. The number of hydrogen-bond acceptors (Lipinski definition) is 3. The Morgan fingerprint density at radius 1 is 1.39 bits per heavy atom. The highest BCUT2D eigenvalue weighted by atomic mass is 32.2. The first-order chi connectivity index (χ1) is 8.60. The van der Waals surface area contributed by atoms with Crippen molar-refractivity contribution >= 4 is 17.7 Å². The number of nitrogens with two attached hydrogens (primary N) is 1. The van der Waals surface area contributed by atoms with Gasteiger partial charge in [0, 0.05) is 17.8 Å². The molecule has 18 heavy (non-hydrogen) atoms. The van der Waals surface area contributed by atoms with Gasteiger partial charge in [0.2, 0.25) is 5.91 Å². The fourth-order valence-electron chi connectivity index (χ4n) is 3.59. The van der Waals surface area contributed by atoms with Crippen molar-refractivity contribution < 1.29 is 4.79 Å². The zero-order chi connectivity index (χ0) is 13.1. The van der Waals surface area contributed by atoms with Crippen molar-refractivity contribution in [3.63, 3.8) is 0 Å². The van der Waals surface area contributed by atoms with Gasteiger partial charge in [0.05, 0.1) is 5.75 Å². The highest BCUT2D eigenvalue weighted by Gasteiger charge is 2.42. The maximum Gasteiger partial charge on any atom is 0.230 e. The van der Waals surface area contributed by atoms with Crippen LogP contribution < -0.4 is 11.1 Å². The lowest BCUT2D eigenvalue weighted by Gasteiger charge is -2.28. The van der Waals surface area contributed by atoms with E-state index in [1.165, 1.54) is 25.7 Å². The van der Waals surface area contributed by atoms with Crippen LogP contribution in [0.3, 0.4) is 0 Å². The molecule has 2 aliphatic carbocycles. The standard InChI is InChI=1S/C14H26N2OS/c1-9(7-15)18-8-14(17)16-10(2)13-6-11-3-4-12(13)5-11/h9-13H,3-8,15H2,1-2H3,(H,16,17). The largest absolute Gasteiger partial charge is 0.353 e. The Kier molecular flexibility index (Phi) is 4.96. The average molecular weight is 270 g/mol. The van der Waals surface area contributed by atoms with E-state index in [4.69, 9.17) is 5.73 Å². The summed E-state index contributed by atoms with van der Waals surface area (Å²) in [4.78, 5) is 11.9. The van der Waals surface area contributed by atoms with Crippen molar-refractivity contribution in [2.24, 2.45) is 23.5 Å². The Hall–Kier alpha value is -0.220. The van der Waals surface area contributed by atoms with Gasteiger partial charge in [0.25, 0.3) is 0 Å². The molecule has 0 aliphatic heterocycles. The second kappa shape index (κ2) is 6.29. The summed E-state index contributed by atoms with van der Waals surface area (Å²) in [6, 6.07) is 0.349. The molecule has 0 saturated heterocycles. The maximum atomic E-state index is 11.9. The monoisotopic (exact) mass is 270 g/mol. The van der Waals surface area contributed by atoms with Gasteiger partial charge < -0.3 is 11.1 Å². The average Bonchev–Trinajstić information content (AvgIpc) is 2.97. The third-order valence-corrected chi connectivity index (χ3v) is 5.84. The second-order valence-electron chi connectivity index (χ2n) is 6.05. The molecule has 0 spiro atoms. The van der Waals surface area contributed by atoms with Crippen LogP contribution in [-0.2, 0) is 4.79 Å². The molecule has 2 aliphatic rings. The molecule has 2 fully saturated rings. The molecular weight excluding hydrogens is 244 g/mol. The Morgan fingerprint density at radius 2 is 2.17 bits per heavy atom. The normalized spacial score (nSPS) is 33.4. The van der Waals surface area contributed by atoms with Gasteiger partial charge >= 0.3 is 0 Å². The van der Waals surface area contributed by atoms with Gasteiger partial charge in [0.1, 0.15) is 0 Å². The smallest absolute Gasteiger partial charge is 0.230 e. The van der Waals surface area contributed by atoms with Crippen LogP contribution in [0.5, 0.6) is 0 Å². The van der Waals surface area contributed by atoms with Gasteiger partial charge in [-0.3, -0.25) is 4.79 Å². The van der Waals surface area contributed by atoms with Gasteiger partial charge in [-0.05, 0) is 43.9 Å². The van der Waals surface area contributed by atoms with E-state index in [-0.39, 0.29) is 5.91 Å². The summed E-state index contributed by atoms with van der Waals surface area (Å²) in [7, 11) is 0. The fraction of sp³-hybridized carbons (Fsp3) is 0.929. The first-order valence-corrected chi connectivity index (χ1v) is 8.26. The second-order valence-corrected chi connectivity index (χ2v) is 7.48. The minimum absolute atomic E-state index is 0.176. The minimum Gasteiger partial charge on any atom is -0.353 e. The SMILES string of the molecule is CC(CN)SCC(=O)NC(C)C1CC2CCC1C2. The van der Waals surface area contributed by atoms with Crippen molar-refractivity contribution in [3.8, 4) is 0 Å². The Morgan fingerprint density at radius 3 is 2.72 bits per heavy atom. The quantitative estimate of drug-likeness (QED) is 0.776. The van der Waals surface area contributed by atoms with Crippen molar-refractivity contribution in [3.05, 3.63) is 0 Å². The number of thioether (sulfide) groups is 1. The van der Waals surface area contributed by atoms with Crippen LogP contribution >= 0.6 is 11.8 Å². The Bertz CT molecular complexity index is 298. The van der Waals surface area contributed by atoms with E-state index in [1.807, 2.05) is 0 Å². The molecule has 5 atom stereocenters. The predicted molar refractivity (Wildman–Crippen MR) is 77.5 cm³/mol. The molecule has 5 unspecified atom stereocenters. The van der Waals surface area contributed by atoms with Crippen LogP contribution in [0.15, 0.2) is 0 Å². The molecule has 2 saturated carbocycles. The highest BCUT2D eigenvalue weighted by Crippen LogP contribution is 2.49. The van der Waals surface area contributed by atoms with Crippen molar-refractivity contribution in [2.75, 3.05) is 12.3 Å². The van der Waals surface area contributed by atoms with Gasteiger partial charge in [0.15, 0.2) is 0 Å². The summed E-state index contributed by atoms with van der Waals surface area (Å²) < 4.78 is 0. The van der Waals surface area contributed by atoms with E-state index in [2.05, 4.69) is 19.2 Å². The minimum atomic E-state index is 0.176. The third kappa shape index (κ3) is 3.41. The van der Waals surface area contributed by atoms with Crippen LogP contribution in [-0.4, -0.2) is 29.5 Å². The lowest BCUT2D eigenvalue weighted by Crippen LogP contribution is -2.41. The van der Waals surface area contributed by atoms with Crippen LogP contribution in [0.4, 0.5) is 0 Å². The number of carbonyl (C=O) groups excluding carboxylic acids is 1. The van der Waals surface area contributed by atoms with Crippen molar-refractivity contribution in [1.29, 1.82) is 0 Å². The van der Waals surface area contributed by atoms with E-state index in [0.717, 1.165) is 17.8 Å². The van der Waals surface area contributed by atoms with E-state index >= 15 is 0 Å². The topological polar surface area (TPSA) is 55.1 Å². The number of hydrogen-bond donors (Lipinski definition) is 2. The molecule has 0 aromatic heterocycles. The molecule has 3 nitrogen and oxygen atoms in total. The summed E-state index contributed by atoms with van der Waals surface area (Å²) in [6.07, 6.45) is 5.54. The predicted octanol–water partition coefficient (Wildman–Crippen LogP) is 2.01. The maximum absolute atomic E-state index is 11.9. The number of fused-ring (bicyclic) bond motifs is 2. The number of rotatable bonds is 6. The van der Waals surface area contributed by atoms with Crippen LogP contribution in [0.1, 0.15) is 39.5 Å². The van der Waals surface area contributed by atoms with E-state index in [9.17, 15) is 4.79 Å².